The number of nitrogens with zero attached hydrogens (tertiary/aromatic N) is 5. The Labute approximate surface area is 229 Å². The van der Waals surface area contributed by atoms with E-state index in [0.29, 0.717) is 12.1 Å². The number of amides is 2. The monoisotopic (exact) mass is 519 g/mol. The van der Waals surface area contributed by atoms with E-state index in [4.69, 9.17) is 5.26 Å². The highest BCUT2D eigenvalue weighted by atomic mass is 16.2. The van der Waals surface area contributed by atoms with E-state index < -0.39 is 0 Å². The normalized spacial score (nSPS) is 16.7. The maximum atomic E-state index is 13.6. The number of carbonyl (C=O) groups excluding carboxylic acids is 1. The maximum absolute atomic E-state index is 13.6. The van der Waals surface area contributed by atoms with E-state index in [1.165, 1.54) is 5.56 Å². The van der Waals surface area contributed by atoms with Crippen LogP contribution in [0.15, 0.2) is 79.3 Å². The van der Waals surface area contributed by atoms with Crippen LogP contribution >= 0.6 is 0 Å². The van der Waals surface area contributed by atoms with Crippen molar-refractivity contribution in [2.24, 2.45) is 7.05 Å². The Morgan fingerprint density at radius 1 is 1.05 bits per heavy atom. The molecule has 8 nitrogen and oxygen atoms in total. The first kappa shape index (κ1) is 26.0. The first-order chi connectivity index (χ1) is 19.0. The fraction of sp³-hybridized carbons (Fsp3) is 0.290. The lowest BCUT2D eigenvalue weighted by molar-refractivity contribution is 0.240. The molecule has 1 aliphatic carbocycles. The van der Waals surface area contributed by atoms with Crippen LogP contribution < -0.4 is 15.5 Å². The summed E-state index contributed by atoms with van der Waals surface area (Å²) in [5.74, 6) is 0.774. The van der Waals surface area contributed by atoms with E-state index in [2.05, 4.69) is 58.0 Å². The molecular formula is C31H33N7O. The minimum atomic E-state index is -0.0872. The van der Waals surface area contributed by atoms with Gasteiger partial charge < -0.3 is 10.6 Å². The third-order valence-corrected chi connectivity index (χ3v) is 7.24. The third kappa shape index (κ3) is 6.44. The van der Waals surface area contributed by atoms with Gasteiger partial charge in [0, 0.05) is 49.3 Å². The molecule has 2 N–H and O–H groups in total. The number of anilines is 2. The largest absolute Gasteiger partial charge is 0.367 e. The van der Waals surface area contributed by atoms with Crippen molar-refractivity contribution in [2.75, 3.05) is 10.2 Å². The van der Waals surface area contributed by atoms with E-state index in [-0.39, 0.29) is 18.1 Å². The minimum Gasteiger partial charge on any atom is -0.367 e. The summed E-state index contributed by atoms with van der Waals surface area (Å²) in [7, 11) is 1.90. The molecule has 0 unspecified atom stereocenters. The molecule has 39 heavy (non-hydrogen) atoms. The van der Waals surface area contributed by atoms with Crippen molar-refractivity contribution in [3.63, 3.8) is 0 Å². The van der Waals surface area contributed by atoms with Gasteiger partial charge in [-0.15, -0.1) is 0 Å². The number of benzene rings is 2. The number of aryl methyl sites for hydroxylation is 2. The van der Waals surface area contributed by atoms with Crippen LogP contribution in [0.4, 0.5) is 16.3 Å². The topological polar surface area (TPSA) is 98.9 Å². The Morgan fingerprint density at radius 2 is 1.85 bits per heavy atom. The zero-order chi connectivity index (χ0) is 27.2. The van der Waals surface area contributed by atoms with E-state index in [1.807, 2.05) is 54.7 Å². The number of hydrogen-bond acceptors (Lipinski definition) is 5. The van der Waals surface area contributed by atoms with Crippen molar-refractivity contribution in [2.45, 2.75) is 51.2 Å². The SMILES string of the molecule is Cc1cccc(CNC(=O)N(c2ccc(-c3cnn(C)c3)cc2)C2CCC(Nc3ccc(C#N)cn3)CC2)c1. The zero-order valence-corrected chi connectivity index (χ0v) is 22.3. The molecule has 198 valence electrons. The molecule has 2 amide bonds. The molecular weight excluding hydrogens is 486 g/mol. The van der Waals surface area contributed by atoms with Gasteiger partial charge in [0.1, 0.15) is 11.9 Å². The summed E-state index contributed by atoms with van der Waals surface area (Å²) in [6, 6.07) is 22.4. The van der Waals surface area contributed by atoms with Gasteiger partial charge in [-0.05, 0) is 68.0 Å². The van der Waals surface area contributed by atoms with Crippen molar-refractivity contribution in [3.05, 3.63) is 95.9 Å². The lowest BCUT2D eigenvalue weighted by Gasteiger charge is -2.37. The van der Waals surface area contributed by atoms with Gasteiger partial charge in [0.2, 0.25) is 0 Å². The summed E-state index contributed by atoms with van der Waals surface area (Å²) in [5.41, 5.74) is 5.79. The quantitative estimate of drug-likeness (QED) is 0.321. The minimum absolute atomic E-state index is 0.0822. The molecule has 0 aliphatic heterocycles. The molecule has 0 atom stereocenters. The fourth-order valence-corrected chi connectivity index (χ4v) is 5.20. The van der Waals surface area contributed by atoms with E-state index in [1.54, 1.807) is 16.9 Å². The standard InChI is InChI=1S/C31H33N7O/c1-22-4-3-5-23(16-22)18-34-31(39)38(28-11-7-25(8-12-28)26-20-35-37(2)21-26)29-13-9-27(10-14-29)36-30-15-6-24(17-32)19-33-30/h3-8,11-12,15-16,19-21,27,29H,9-10,13-14,18H2,1-2H3,(H,33,36)(H,34,39). The molecule has 2 aromatic carbocycles. The second kappa shape index (κ2) is 11.8. The number of nitriles is 1. The molecule has 8 heteroatoms. The van der Waals surface area contributed by atoms with Crippen molar-refractivity contribution >= 4 is 17.5 Å². The molecule has 1 aliphatic rings. The Balaban J connectivity index is 1.30. The zero-order valence-electron chi connectivity index (χ0n) is 22.3. The van der Waals surface area contributed by atoms with Crippen molar-refractivity contribution < 1.29 is 4.79 Å². The summed E-state index contributed by atoms with van der Waals surface area (Å²) in [6.45, 7) is 2.54. The highest BCUT2D eigenvalue weighted by Crippen LogP contribution is 2.31. The lowest BCUT2D eigenvalue weighted by Crippen LogP contribution is -2.48. The maximum Gasteiger partial charge on any atom is 0.322 e. The molecule has 1 fully saturated rings. The molecule has 2 aromatic heterocycles. The van der Waals surface area contributed by atoms with Crippen LogP contribution in [0.25, 0.3) is 11.1 Å². The van der Waals surface area contributed by atoms with Crippen LogP contribution in [0.1, 0.15) is 42.4 Å². The second-order valence-electron chi connectivity index (χ2n) is 10.2. The van der Waals surface area contributed by atoms with Gasteiger partial charge in [0.05, 0.1) is 11.8 Å². The molecule has 0 spiro atoms. The number of nitrogens with one attached hydrogen (secondary N) is 2. The Kier molecular flexibility index (Phi) is 7.88. The van der Waals surface area contributed by atoms with Crippen LogP contribution in [-0.4, -0.2) is 32.9 Å². The van der Waals surface area contributed by atoms with Crippen molar-refractivity contribution in [1.29, 1.82) is 5.26 Å². The van der Waals surface area contributed by atoms with Crippen molar-refractivity contribution in [1.82, 2.24) is 20.1 Å². The number of urea groups is 1. The van der Waals surface area contributed by atoms with Gasteiger partial charge >= 0.3 is 6.03 Å². The predicted octanol–water partition coefficient (Wildman–Crippen LogP) is 5.80. The van der Waals surface area contributed by atoms with Gasteiger partial charge in [0.25, 0.3) is 0 Å². The number of aromatic nitrogens is 3. The predicted molar refractivity (Wildman–Crippen MR) is 153 cm³/mol. The number of carbonyl (C=O) groups is 1. The number of hydrogen-bond donors (Lipinski definition) is 2. The van der Waals surface area contributed by atoms with Crippen LogP contribution in [0, 0.1) is 18.3 Å². The highest BCUT2D eigenvalue weighted by molar-refractivity contribution is 5.93. The number of pyridine rings is 1. The Morgan fingerprint density at radius 3 is 2.49 bits per heavy atom. The van der Waals surface area contributed by atoms with Gasteiger partial charge in [-0.3, -0.25) is 9.58 Å². The van der Waals surface area contributed by atoms with Gasteiger partial charge in [0.15, 0.2) is 0 Å². The summed E-state index contributed by atoms with van der Waals surface area (Å²) in [5, 5.41) is 19.9. The van der Waals surface area contributed by atoms with Crippen LogP contribution in [0.3, 0.4) is 0 Å². The van der Waals surface area contributed by atoms with E-state index in [9.17, 15) is 4.79 Å². The molecule has 0 radical (unpaired) electrons. The smallest absolute Gasteiger partial charge is 0.322 e. The molecule has 0 saturated heterocycles. The van der Waals surface area contributed by atoms with Crippen LogP contribution in [-0.2, 0) is 13.6 Å². The fourth-order valence-electron chi connectivity index (χ4n) is 5.20. The average molecular weight is 520 g/mol. The lowest BCUT2D eigenvalue weighted by atomic mass is 9.89. The molecule has 5 rings (SSSR count). The molecule has 0 bridgehead atoms. The summed E-state index contributed by atoms with van der Waals surface area (Å²) >= 11 is 0. The van der Waals surface area contributed by atoms with Gasteiger partial charge in [-0.1, -0.05) is 42.0 Å². The van der Waals surface area contributed by atoms with E-state index in [0.717, 1.165) is 53.9 Å². The van der Waals surface area contributed by atoms with Crippen LogP contribution in [0.2, 0.25) is 0 Å². The van der Waals surface area contributed by atoms with Crippen LogP contribution in [0.5, 0.6) is 0 Å². The summed E-state index contributed by atoms with van der Waals surface area (Å²) in [4.78, 5) is 19.9. The highest BCUT2D eigenvalue weighted by Gasteiger charge is 2.30. The Bertz CT molecular complexity index is 1450. The Hall–Kier alpha value is -4.64. The summed E-state index contributed by atoms with van der Waals surface area (Å²) in [6.07, 6.45) is 9.00. The van der Waals surface area contributed by atoms with Gasteiger partial charge in [-0.2, -0.15) is 10.4 Å². The first-order valence-corrected chi connectivity index (χ1v) is 13.3. The summed E-state index contributed by atoms with van der Waals surface area (Å²) < 4.78 is 1.79. The molecule has 2 heterocycles. The average Bonchev–Trinajstić information content (AvgIpc) is 3.40. The molecule has 1 saturated carbocycles. The number of rotatable bonds is 7. The van der Waals surface area contributed by atoms with Gasteiger partial charge in [-0.25, -0.2) is 9.78 Å². The van der Waals surface area contributed by atoms with E-state index >= 15 is 0 Å². The van der Waals surface area contributed by atoms with Crippen molar-refractivity contribution in [3.8, 4) is 17.2 Å². The first-order valence-electron chi connectivity index (χ1n) is 13.3. The second-order valence-corrected chi connectivity index (χ2v) is 10.2. The third-order valence-electron chi connectivity index (χ3n) is 7.24. The molecule has 4 aromatic rings.